The number of halogens is 1. The van der Waals surface area contributed by atoms with Crippen LogP contribution in [0.4, 0.5) is 0 Å². The van der Waals surface area contributed by atoms with E-state index in [2.05, 4.69) is 10.6 Å². The van der Waals surface area contributed by atoms with Crippen molar-refractivity contribution >= 4 is 23.4 Å². The van der Waals surface area contributed by atoms with Crippen LogP contribution in [0.2, 0.25) is 5.02 Å². The van der Waals surface area contributed by atoms with Gasteiger partial charge in [0, 0.05) is 29.2 Å². The van der Waals surface area contributed by atoms with E-state index in [0.29, 0.717) is 40.7 Å². The third-order valence-corrected chi connectivity index (χ3v) is 3.66. The van der Waals surface area contributed by atoms with E-state index in [9.17, 15) is 9.59 Å². The third kappa shape index (κ3) is 5.12. The Labute approximate surface area is 151 Å². The maximum atomic E-state index is 12.1. The lowest BCUT2D eigenvalue weighted by Gasteiger charge is -2.10. The molecule has 2 amide bonds. The van der Waals surface area contributed by atoms with Gasteiger partial charge in [-0.25, -0.2) is 0 Å². The molecule has 0 radical (unpaired) electrons. The summed E-state index contributed by atoms with van der Waals surface area (Å²) < 4.78 is 10.3. The van der Waals surface area contributed by atoms with Crippen LogP contribution in [0.15, 0.2) is 42.5 Å². The van der Waals surface area contributed by atoms with Gasteiger partial charge >= 0.3 is 0 Å². The number of ether oxygens (including phenoxy) is 2. The molecule has 6 nitrogen and oxygen atoms in total. The fourth-order valence-corrected chi connectivity index (χ4v) is 2.35. The Morgan fingerprint density at radius 1 is 0.880 bits per heavy atom. The molecule has 2 rings (SSSR count). The molecule has 0 bridgehead atoms. The van der Waals surface area contributed by atoms with Crippen LogP contribution in [-0.4, -0.2) is 39.1 Å². The van der Waals surface area contributed by atoms with E-state index < -0.39 is 0 Å². The van der Waals surface area contributed by atoms with Crippen molar-refractivity contribution in [1.82, 2.24) is 10.6 Å². The monoisotopic (exact) mass is 362 g/mol. The molecule has 132 valence electrons. The first kappa shape index (κ1) is 18.6. The van der Waals surface area contributed by atoms with Gasteiger partial charge in [0.15, 0.2) is 11.5 Å². The zero-order valence-electron chi connectivity index (χ0n) is 14.0. The average Bonchev–Trinajstić information content (AvgIpc) is 2.64. The second-order valence-corrected chi connectivity index (χ2v) is 5.53. The Morgan fingerprint density at radius 3 is 2.04 bits per heavy atom. The van der Waals surface area contributed by atoms with Gasteiger partial charge in [0.1, 0.15) is 0 Å². The highest BCUT2D eigenvalue weighted by atomic mass is 35.5. The Bertz CT molecular complexity index is 764. The van der Waals surface area contributed by atoms with Crippen LogP contribution >= 0.6 is 11.6 Å². The van der Waals surface area contributed by atoms with E-state index in [1.807, 2.05) is 0 Å². The minimum atomic E-state index is -0.266. The van der Waals surface area contributed by atoms with E-state index in [1.54, 1.807) is 42.5 Å². The first-order chi connectivity index (χ1) is 12.0. The SMILES string of the molecule is COc1ccc(C(=O)NCCNC(=O)c2cccc(Cl)c2)cc1OC. The van der Waals surface area contributed by atoms with Crippen LogP contribution in [0.25, 0.3) is 0 Å². The first-order valence-electron chi connectivity index (χ1n) is 7.59. The summed E-state index contributed by atoms with van der Waals surface area (Å²) in [7, 11) is 3.03. The number of nitrogens with one attached hydrogen (secondary N) is 2. The van der Waals surface area contributed by atoms with Gasteiger partial charge in [-0.15, -0.1) is 0 Å². The van der Waals surface area contributed by atoms with Crippen LogP contribution in [0.5, 0.6) is 11.5 Å². The van der Waals surface area contributed by atoms with Crippen molar-refractivity contribution in [3.63, 3.8) is 0 Å². The number of methoxy groups -OCH3 is 2. The molecule has 0 aliphatic heterocycles. The van der Waals surface area contributed by atoms with Crippen molar-refractivity contribution in [3.8, 4) is 11.5 Å². The van der Waals surface area contributed by atoms with Crippen molar-refractivity contribution in [2.24, 2.45) is 0 Å². The van der Waals surface area contributed by atoms with E-state index in [0.717, 1.165) is 0 Å². The molecule has 0 aromatic heterocycles. The first-order valence-corrected chi connectivity index (χ1v) is 7.97. The van der Waals surface area contributed by atoms with Crippen LogP contribution in [0.1, 0.15) is 20.7 Å². The molecular weight excluding hydrogens is 344 g/mol. The minimum Gasteiger partial charge on any atom is -0.493 e. The standard InChI is InChI=1S/C18H19ClN2O4/c1-24-15-7-6-13(11-16(15)25-2)18(23)21-9-8-20-17(22)12-4-3-5-14(19)10-12/h3-7,10-11H,8-9H2,1-2H3,(H,20,22)(H,21,23). The molecule has 0 aliphatic carbocycles. The van der Waals surface area contributed by atoms with Gasteiger partial charge in [-0.3, -0.25) is 9.59 Å². The van der Waals surface area contributed by atoms with E-state index >= 15 is 0 Å². The van der Waals surface area contributed by atoms with E-state index in [-0.39, 0.29) is 11.8 Å². The van der Waals surface area contributed by atoms with Gasteiger partial charge in [-0.2, -0.15) is 0 Å². The fraction of sp³-hybridized carbons (Fsp3) is 0.222. The third-order valence-electron chi connectivity index (χ3n) is 3.43. The molecule has 7 heteroatoms. The molecule has 0 saturated carbocycles. The molecule has 0 fully saturated rings. The van der Waals surface area contributed by atoms with E-state index in [4.69, 9.17) is 21.1 Å². The molecular formula is C18H19ClN2O4. The maximum Gasteiger partial charge on any atom is 0.251 e. The molecule has 0 spiro atoms. The van der Waals surface area contributed by atoms with Gasteiger partial charge in [0.2, 0.25) is 0 Å². The van der Waals surface area contributed by atoms with E-state index in [1.165, 1.54) is 14.2 Å². The number of amides is 2. The van der Waals surface area contributed by atoms with Gasteiger partial charge in [-0.1, -0.05) is 17.7 Å². The van der Waals surface area contributed by atoms with Crippen molar-refractivity contribution in [2.75, 3.05) is 27.3 Å². The molecule has 2 N–H and O–H groups in total. The largest absolute Gasteiger partial charge is 0.493 e. The quantitative estimate of drug-likeness (QED) is 0.742. The lowest BCUT2D eigenvalue weighted by atomic mass is 10.2. The smallest absolute Gasteiger partial charge is 0.251 e. The highest BCUT2D eigenvalue weighted by Crippen LogP contribution is 2.27. The molecule has 0 aliphatic rings. The Kier molecular flexibility index (Phi) is 6.65. The van der Waals surface area contributed by atoms with Crippen molar-refractivity contribution in [1.29, 1.82) is 0 Å². The van der Waals surface area contributed by atoms with Gasteiger partial charge in [-0.05, 0) is 36.4 Å². The number of hydrogen-bond acceptors (Lipinski definition) is 4. The predicted octanol–water partition coefficient (Wildman–Crippen LogP) is 2.52. The zero-order valence-corrected chi connectivity index (χ0v) is 14.7. The Morgan fingerprint density at radius 2 is 1.48 bits per heavy atom. The lowest BCUT2D eigenvalue weighted by Crippen LogP contribution is -2.34. The summed E-state index contributed by atoms with van der Waals surface area (Å²) in [6, 6.07) is 11.6. The maximum absolute atomic E-state index is 12.1. The van der Waals surface area contributed by atoms with Crippen molar-refractivity contribution < 1.29 is 19.1 Å². The summed E-state index contributed by atoms with van der Waals surface area (Å²) >= 11 is 5.85. The van der Waals surface area contributed by atoms with Crippen molar-refractivity contribution in [3.05, 3.63) is 58.6 Å². The molecule has 0 unspecified atom stereocenters. The van der Waals surface area contributed by atoms with Crippen LogP contribution in [-0.2, 0) is 0 Å². The highest BCUT2D eigenvalue weighted by Gasteiger charge is 2.10. The lowest BCUT2D eigenvalue weighted by molar-refractivity contribution is 0.0927. The number of carbonyl (C=O) groups excluding carboxylic acids is 2. The fourth-order valence-electron chi connectivity index (χ4n) is 2.16. The number of benzene rings is 2. The highest BCUT2D eigenvalue weighted by molar-refractivity contribution is 6.30. The zero-order chi connectivity index (χ0) is 18.2. The van der Waals surface area contributed by atoms with Gasteiger partial charge < -0.3 is 20.1 Å². The normalized spacial score (nSPS) is 10.0. The molecule has 0 heterocycles. The molecule has 2 aromatic rings. The average molecular weight is 363 g/mol. The summed E-state index contributed by atoms with van der Waals surface area (Å²) in [5.41, 5.74) is 0.914. The summed E-state index contributed by atoms with van der Waals surface area (Å²) in [5.74, 6) is 0.512. The predicted molar refractivity (Wildman–Crippen MR) is 95.7 cm³/mol. The molecule has 2 aromatic carbocycles. The summed E-state index contributed by atoms with van der Waals surface area (Å²) in [6.07, 6.45) is 0. The van der Waals surface area contributed by atoms with Gasteiger partial charge in [0.25, 0.3) is 11.8 Å². The number of carbonyl (C=O) groups is 2. The van der Waals surface area contributed by atoms with Crippen molar-refractivity contribution in [2.45, 2.75) is 0 Å². The Hall–Kier alpha value is -2.73. The van der Waals surface area contributed by atoms with Crippen LogP contribution < -0.4 is 20.1 Å². The molecule has 25 heavy (non-hydrogen) atoms. The topological polar surface area (TPSA) is 76.7 Å². The number of rotatable bonds is 7. The Balaban J connectivity index is 1.83. The summed E-state index contributed by atoms with van der Waals surface area (Å²) in [5, 5.41) is 5.94. The molecule has 0 saturated heterocycles. The second kappa shape index (κ2) is 8.94. The van der Waals surface area contributed by atoms with Gasteiger partial charge in [0.05, 0.1) is 14.2 Å². The summed E-state index contributed by atoms with van der Waals surface area (Å²) in [6.45, 7) is 0.587. The number of hydrogen-bond donors (Lipinski definition) is 2. The van der Waals surface area contributed by atoms with Crippen LogP contribution in [0, 0.1) is 0 Å². The molecule has 0 atom stereocenters. The minimum absolute atomic E-state index is 0.247. The summed E-state index contributed by atoms with van der Waals surface area (Å²) in [4.78, 5) is 24.1. The van der Waals surface area contributed by atoms with Crippen LogP contribution in [0.3, 0.4) is 0 Å². The second-order valence-electron chi connectivity index (χ2n) is 5.09.